The Bertz CT molecular complexity index is 847. The van der Waals surface area contributed by atoms with Crippen LogP contribution in [0.25, 0.3) is 0 Å². The lowest BCUT2D eigenvalue weighted by molar-refractivity contribution is 0.593. The van der Waals surface area contributed by atoms with Gasteiger partial charge in [-0.05, 0) is 46.6 Å². The maximum absolute atomic E-state index is 13.5. The third kappa shape index (κ3) is 3.20. The summed E-state index contributed by atoms with van der Waals surface area (Å²) in [6, 6.07) is 6.66. The van der Waals surface area contributed by atoms with E-state index in [1.165, 1.54) is 12.3 Å². The lowest BCUT2D eigenvalue weighted by atomic mass is 10.2. The number of anilines is 1. The van der Waals surface area contributed by atoms with E-state index in [1.54, 1.807) is 19.1 Å². The first-order valence-electron chi connectivity index (χ1n) is 5.69. The number of aryl methyl sites for hydroxylation is 1. The minimum Gasteiger partial charge on any atom is -0.263 e. The molecule has 0 spiro atoms. The normalized spacial score (nSPS) is 11.0. The predicted molar refractivity (Wildman–Crippen MR) is 78.6 cm³/mol. The van der Waals surface area contributed by atoms with Crippen molar-refractivity contribution in [3.63, 3.8) is 0 Å². The maximum atomic E-state index is 13.5. The Morgan fingerprint density at radius 3 is 2.76 bits per heavy atom. The molecule has 1 aromatic heterocycles. The number of rotatable bonds is 3. The molecule has 0 amide bonds. The van der Waals surface area contributed by atoms with Crippen molar-refractivity contribution >= 4 is 31.8 Å². The average Bonchev–Trinajstić information content (AvgIpc) is 2.41. The largest absolute Gasteiger partial charge is 0.264 e. The maximum Gasteiger partial charge on any atom is 0.264 e. The molecule has 1 N–H and O–H groups in total. The van der Waals surface area contributed by atoms with Crippen molar-refractivity contribution in [2.45, 2.75) is 11.8 Å². The van der Waals surface area contributed by atoms with Crippen LogP contribution in [0.1, 0.15) is 11.1 Å². The van der Waals surface area contributed by atoms with E-state index in [-0.39, 0.29) is 5.82 Å². The Labute approximate surface area is 129 Å². The van der Waals surface area contributed by atoms with Crippen LogP contribution in [0.15, 0.2) is 39.8 Å². The van der Waals surface area contributed by atoms with Crippen LogP contribution in [0.3, 0.4) is 0 Å². The highest BCUT2D eigenvalue weighted by molar-refractivity contribution is 9.10. The van der Waals surface area contributed by atoms with Crippen LogP contribution in [-0.2, 0) is 10.0 Å². The summed E-state index contributed by atoms with van der Waals surface area (Å²) in [7, 11) is -4.10. The van der Waals surface area contributed by atoms with Gasteiger partial charge in [-0.3, -0.25) is 4.72 Å². The zero-order chi connectivity index (χ0) is 15.6. The van der Waals surface area contributed by atoms with Crippen LogP contribution in [0.2, 0.25) is 0 Å². The molecule has 1 heterocycles. The molecule has 0 radical (unpaired) electrons. The van der Waals surface area contributed by atoms with Crippen molar-refractivity contribution in [3.05, 3.63) is 51.9 Å². The Morgan fingerprint density at radius 2 is 2.14 bits per heavy atom. The number of halogens is 2. The third-order valence-corrected chi connectivity index (χ3v) is 4.47. The van der Waals surface area contributed by atoms with Gasteiger partial charge in [0.2, 0.25) is 0 Å². The fourth-order valence-corrected chi connectivity index (χ4v) is 3.36. The summed E-state index contributed by atoms with van der Waals surface area (Å²) in [4.78, 5) is 3.53. The molecule has 0 unspecified atom stereocenters. The smallest absolute Gasteiger partial charge is 0.263 e. The van der Waals surface area contributed by atoms with Crippen LogP contribution >= 0.6 is 15.9 Å². The fraction of sp³-hybridized carbons (Fsp3) is 0.0769. The first-order chi connectivity index (χ1) is 9.85. The molecule has 2 aromatic rings. The van der Waals surface area contributed by atoms with Gasteiger partial charge in [-0.25, -0.2) is 17.8 Å². The molecule has 0 saturated heterocycles. The Hall–Kier alpha value is -1.98. The van der Waals surface area contributed by atoms with Crippen LogP contribution in [0, 0.1) is 24.1 Å². The molecular formula is C13H9BrFN3O2S. The predicted octanol–water partition coefficient (Wildman–Crippen LogP) is 2.96. The van der Waals surface area contributed by atoms with E-state index in [0.717, 1.165) is 12.1 Å². The van der Waals surface area contributed by atoms with E-state index in [0.29, 0.717) is 10.0 Å². The SMILES string of the molecule is Cc1cc(Br)cnc1NS(=O)(=O)c1cccc(F)c1C#N. The molecule has 108 valence electrons. The second-order valence-corrected chi connectivity index (χ2v) is 6.72. The summed E-state index contributed by atoms with van der Waals surface area (Å²) in [6.45, 7) is 1.67. The van der Waals surface area contributed by atoms with E-state index >= 15 is 0 Å². The second kappa shape index (κ2) is 5.79. The molecule has 0 aliphatic carbocycles. The molecule has 2 rings (SSSR count). The molecule has 0 atom stereocenters. The van der Waals surface area contributed by atoms with Crippen molar-refractivity contribution in [3.8, 4) is 6.07 Å². The van der Waals surface area contributed by atoms with E-state index in [1.807, 2.05) is 0 Å². The van der Waals surface area contributed by atoms with E-state index < -0.39 is 26.3 Å². The highest BCUT2D eigenvalue weighted by Gasteiger charge is 2.22. The topological polar surface area (TPSA) is 82.8 Å². The minimum atomic E-state index is -4.10. The first-order valence-corrected chi connectivity index (χ1v) is 7.96. The monoisotopic (exact) mass is 369 g/mol. The molecule has 1 aromatic carbocycles. The van der Waals surface area contributed by atoms with Crippen molar-refractivity contribution in [1.29, 1.82) is 5.26 Å². The van der Waals surface area contributed by atoms with Gasteiger partial charge in [0.1, 0.15) is 28.2 Å². The van der Waals surface area contributed by atoms with Crippen molar-refractivity contribution < 1.29 is 12.8 Å². The summed E-state index contributed by atoms with van der Waals surface area (Å²) in [5.41, 5.74) is 0.0580. The van der Waals surface area contributed by atoms with Gasteiger partial charge in [-0.1, -0.05) is 6.07 Å². The summed E-state index contributed by atoms with van der Waals surface area (Å²) < 4.78 is 41.1. The van der Waals surface area contributed by atoms with Crippen molar-refractivity contribution in [2.75, 3.05) is 4.72 Å². The number of aromatic nitrogens is 1. The molecule has 0 fully saturated rings. The number of hydrogen-bond acceptors (Lipinski definition) is 4. The molecule has 8 heteroatoms. The molecule has 5 nitrogen and oxygen atoms in total. The number of pyridine rings is 1. The number of sulfonamides is 1. The Kier molecular flexibility index (Phi) is 4.25. The highest BCUT2D eigenvalue weighted by atomic mass is 79.9. The molecule has 21 heavy (non-hydrogen) atoms. The third-order valence-electron chi connectivity index (χ3n) is 2.65. The second-order valence-electron chi connectivity index (χ2n) is 4.15. The van der Waals surface area contributed by atoms with Crippen molar-refractivity contribution in [2.24, 2.45) is 0 Å². The minimum absolute atomic E-state index is 0.117. The van der Waals surface area contributed by atoms with Gasteiger partial charge in [-0.2, -0.15) is 5.26 Å². The summed E-state index contributed by atoms with van der Waals surface area (Å²) in [5, 5.41) is 8.92. The quantitative estimate of drug-likeness (QED) is 0.901. The standard InChI is InChI=1S/C13H9BrFN3O2S/c1-8-5-9(14)7-17-13(8)18-21(19,20)12-4-2-3-11(15)10(12)6-16/h2-5,7H,1H3,(H,17,18). The van der Waals surface area contributed by atoms with Crippen molar-refractivity contribution in [1.82, 2.24) is 4.98 Å². The van der Waals surface area contributed by atoms with Gasteiger partial charge >= 0.3 is 0 Å². The van der Waals surface area contributed by atoms with Crippen LogP contribution < -0.4 is 4.72 Å². The molecule has 0 aliphatic heterocycles. The zero-order valence-corrected chi connectivity index (χ0v) is 13.2. The van der Waals surface area contributed by atoms with E-state index in [2.05, 4.69) is 25.6 Å². The number of nitrogens with one attached hydrogen (secondary N) is 1. The van der Waals surface area contributed by atoms with Gasteiger partial charge in [-0.15, -0.1) is 0 Å². The lowest BCUT2D eigenvalue weighted by Gasteiger charge is -2.11. The number of nitriles is 1. The lowest BCUT2D eigenvalue weighted by Crippen LogP contribution is -2.16. The fourth-order valence-electron chi connectivity index (χ4n) is 1.67. The summed E-state index contributed by atoms with van der Waals surface area (Å²) in [6.07, 6.45) is 1.43. The van der Waals surface area contributed by atoms with Crippen LogP contribution in [0.5, 0.6) is 0 Å². The highest BCUT2D eigenvalue weighted by Crippen LogP contribution is 2.23. The number of benzene rings is 1. The van der Waals surface area contributed by atoms with E-state index in [9.17, 15) is 12.8 Å². The van der Waals surface area contributed by atoms with Gasteiger partial charge in [0.15, 0.2) is 0 Å². The summed E-state index contributed by atoms with van der Waals surface area (Å²) in [5.74, 6) is -0.771. The van der Waals surface area contributed by atoms with Crippen LogP contribution in [0.4, 0.5) is 10.2 Å². The molecular weight excluding hydrogens is 361 g/mol. The van der Waals surface area contributed by atoms with Gasteiger partial charge in [0.25, 0.3) is 10.0 Å². The molecule has 0 bridgehead atoms. The number of hydrogen-bond donors (Lipinski definition) is 1. The van der Waals surface area contributed by atoms with Gasteiger partial charge in [0.05, 0.1) is 0 Å². The molecule has 0 aliphatic rings. The number of nitrogens with zero attached hydrogens (tertiary/aromatic N) is 2. The molecule has 0 saturated carbocycles. The van der Waals surface area contributed by atoms with Gasteiger partial charge in [0, 0.05) is 10.7 Å². The summed E-state index contributed by atoms with van der Waals surface area (Å²) >= 11 is 3.22. The Morgan fingerprint density at radius 1 is 1.43 bits per heavy atom. The van der Waals surface area contributed by atoms with Crippen LogP contribution in [-0.4, -0.2) is 13.4 Å². The zero-order valence-electron chi connectivity index (χ0n) is 10.8. The van der Waals surface area contributed by atoms with E-state index in [4.69, 9.17) is 5.26 Å². The van der Waals surface area contributed by atoms with Gasteiger partial charge < -0.3 is 0 Å². The average molecular weight is 370 g/mol. The first kappa shape index (κ1) is 15.4. The Balaban J connectivity index is 2.49.